The highest BCUT2D eigenvalue weighted by atomic mass is 19.4. The smallest absolute Gasteiger partial charge is 0.299 e. The second-order valence-corrected chi connectivity index (χ2v) is 9.06. The summed E-state index contributed by atoms with van der Waals surface area (Å²) in [5.74, 6) is 0. The second kappa shape index (κ2) is 10.2. The van der Waals surface area contributed by atoms with Gasteiger partial charge < -0.3 is 0 Å². The summed E-state index contributed by atoms with van der Waals surface area (Å²) in [4.78, 5) is 10.5. The van der Waals surface area contributed by atoms with Crippen molar-refractivity contribution in [2.24, 2.45) is 0 Å². The van der Waals surface area contributed by atoms with Crippen molar-refractivity contribution < 1.29 is 26.3 Å². The number of hydrogen-bond acceptors (Lipinski definition) is 4. The predicted molar refractivity (Wildman–Crippen MR) is 116 cm³/mol. The largest absolute Gasteiger partial charge is 0.433 e. The summed E-state index contributed by atoms with van der Waals surface area (Å²) in [6, 6.07) is 8.40. The lowest BCUT2D eigenvalue weighted by atomic mass is 10.0. The molecule has 0 amide bonds. The SMILES string of the molecule is FC(F)(F)c1ccc(CN2CCN(C3CCN(Cc4ccc(C(F)(F)F)nc4)CC3)CC2)cc1. The lowest BCUT2D eigenvalue weighted by molar-refractivity contribution is -0.141. The minimum atomic E-state index is -4.42. The van der Waals surface area contributed by atoms with Crippen LogP contribution in [-0.2, 0) is 25.4 Å². The number of hydrogen-bond donors (Lipinski definition) is 0. The van der Waals surface area contributed by atoms with Crippen molar-refractivity contribution in [3.05, 3.63) is 65.0 Å². The zero-order valence-corrected chi connectivity index (χ0v) is 18.7. The molecule has 1 aromatic carbocycles. The van der Waals surface area contributed by atoms with E-state index in [1.54, 1.807) is 12.1 Å². The fraction of sp³-hybridized carbons (Fsp3) is 0.542. The van der Waals surface area contributed by atoms with Crippen LogP contribution in [0.3, 0.4) is 0 Å². The zero-order chi connectivity index (χ0) is 24.3. The normalized spacial score (nSPS) is 20.1. The van der Waals surface area contributed by atoms with Gasteiger partial charge in [0.2, 0.25) is 0 Å². The maximum atomic E-state index is 12.7. The van der Waals surface area contributed by atoms with Crippen LogP contribution in [0.1, 0.15) is 35.2 Å². The Morgan fingerprint density at radius 3 is 1.76 bits per heavy atom. The number of rotatable bonds is 5. The molecule has 2 fully saturated rings. The number of piperazine rings is 1. The van der Waals surface area contributed by atoms with E-state index in [1.807, 2.05) is 0 Å². The summed E-state index contributed by atoms with van der Waals surface area (Å²) in [6.45, 7) is 6.61. The fourth-order valence-electron chi connectivity index (χ4n) is 4.73. The quantitative estimate of drug-likeness (QED) is 0.561. The Balaban J connectivity index is 1.19. The van der Waals surface area contributed by atoms with E-state index in [-0.39, 0.29) is 0 Å². The van der Waals surface area contributed by atoms with Gasteiger partial charge in [-0.05, 0) is 55.3 Å². The van der Waals surface area contributed by atoms with Crippen molar-refractivity contribution in [1.29, 1.82) is 0 Å². The van der Waals surface area contributed by atoms with Crippen LogP contribution >= 0.6 is 0 Å². The Hall–Kier alpha value is -2.17. The highest BCUT2D eigenvalue weighted by molar-refractivity contribution is 5.24. The molecule has 34 heavy (non-hydrogen) atoms. The first-order chi connectivity index (χ1) is 16.1. The van der Waals surface area contributed by atoms with Gasteiger partial charge in [-0.1, -0.05) is 18.2 Å². The number of piperidine rings is 1. The molecule has 0 bridgehead atoms. The maximum Gasteiger partial charge on any atom is 0.433 e. The van der Waals surface area contributed by atoms with Crippen LogP contribution in [-0.4, -0.2) is 65.0 Å². The van der Waals surface area contributed by atoms with Gasteiger partial charge in [-0.25, -0.2) is 0 Å². The number of benzene rings is 1. The molecular weight excluding hydrogens is 458 g/mol. The average molecular weight is 487 g/mol. The molecule has 2 aromatic rings. The molecule has 0 saturated carbocycles. The minimum absolute atomic E-state index is 0.482. The Morgan fingerprint density at radius 1 is 0.676 bits per heavy atom. The van der Waals surface area contributed by atoms with Crippen LogP contribution in [0.5, 0.6) is 0 Å². The molecule has 0 N–H and O–H groups in total. The van der Waals surface area contributed by atoms with E-state index in [0.29, 0.717) is 19.1 Å². The summed E-state index contributed by atoms with van der Waals surface area (Å²) in [5, 5.41) is 0. The highest BCUT2D eigenvalue weighted by Crippen LogP contribution is 2.30. The molecule has 0 unspecified atom stereocenters. The molecule has 3 heterocycles. The Morgan fingerprint density at radius 2 is 1.24 bits per heavy atom. The summed E-state index contributed by atoms with van der Waals surface area (Å²) in [6.07, 6.45) is -5.41. The molecular formula is C24H28F6N4. The average Bonchev–Trinajstić information content (AvgIpc) is 2.80. The molecule has 4 rings (SSSR count). The molecule has 0 radical (unpaired) electrons. The molecule has 4 nitrogen and oxygen atoms in total. The Kier molecular flexibility index (Phi) is 7.49. The van der Waals surface area contributed by atoms with Crippen molar-refractivity contribution in [2.45, 2.75) is 44.3 Å². The van der Waals surface area contributed by atoms with Crippen LogP contribution in [0.15, 0.2) is 42.6 Å². The minimum Gasteiger partial charge on any atom is -0.299 e. The van der Waals surface area contributed by atoms with E-state index in [2.05, 4.69) is 19.7 Å². The van der Waals surface area contributed by atoms with E-state index in [9.17, 15) is 26.3 Å². The summed E-state index contributed by atoms with van der Waals surface area (Å²) in [7, 11) is 0. The van der Waals surface area contributed by atoms with Gasteiger partial charge in [-0.3, -0.25) is 19.7 Å². The van der Waals surface area contributed by atoms with E-state index < -0.39 is 23.6 Å². The number of nitrogens with zero attached hydrogens (tertiary/aromatic N) is 4. The molecule has 0 aliphatic carbocycles. The van der Waals surface area contributed by atoms with Crippen molar-refractivity contribution in [2.75, 3.05) is 39.3 Å². The topological polar surface area (TPSA) is 22.6 Å². The van der Waals surface area contributed by atoms with Crippen molar-refractivity contribution in [3.63, 3.8) is 0 Å². The van der Waals surface area contributed by atoms with E-state index >= 15 is 0 Å². The van der Waals surface area contributed by atoms with E-state index in [0.717, 1.165) is 81.4 Å². The van der Waals surface area contributed by atoms with Crippen molar-refractivity contribution >= 4 is 0 Å². The van der Waals surface area contributed by atoms with Crippen molar-refractivity contribution in [1.82, 2.24) is 19.7 Å². The van der Waals surface area contributed by atoms with Gasteiger partial charge in [0.15, 0.2) is 0 Å². The fourth-order valence-corrected chi connectivity index (χ4v) is 4.73. The zero-order valence-electron chi connectivity index (χ0n) is 18.7. The lowest BCUT2D eigenvalue weighted by Gasteiger charge is -2.42. The van der Waals surface area contributed by atoms with Gasteiger partial charge in [0.05, 0.1) is 5.56 Å². The molecule has 0 spiro atoms. The first kappa shape index (κ1) is 24.9. The monoisotopic (exact) mass is 486 g/mol. The van der Waals surface area contributed by atoms with Crippen LogP contribution in [0, 0.1) is 0 Å². The molecule has 186 valence electrons. The van der Waals surface area contributed by atoms with Crippen molar-refractivity contribution in [3.8, 4) is 0 Å². The van der Waals surface area contributed by atoms with Gasteiger partial charge in [0, 0.05) is 51.5 Å². The number of likely N-dealkylation sites (tertiary alicyclic amines) is 1. The molecule has 10 heteroatoms. The number of aromatic nitrogens is 1. The molecule has 2 aliphatic rings. The molecule has 1 aromatic heterocycles. The summed E-state index contributed by atoms with van der Waals surface area (Å²) >= 11 is 0. The number of halogens is 6. The lowest BCUT2D eigenvalue weighted by Crippen LogP contribution is -2.52. The van der Waals surface area contributed by atoms with Gasteiger partial charge in [-0.2, -0.15) is 26.3 Å². The predicted octanol–water partition coefficient (Wildman–Crippen LogP) is 4.90. The third kappa shape index (κ3) is 6.49. The van der Waals surface area contributed by atoms with Gasteiger partial charge in [0.25, 0.3) is 0 Å². The highest BCUT2D eigenvalue weighted by Gasteiger charge is 2.33. The van der Waals surface area contributed by atoms with Crippen LogP contribution in [0.25, 0.3) is 0 Å². The number of pyridine rings is 1. The Bertz CT molecular complexity index is 833. The second-order valence-electron chi connectivity index (χ2n) is 9.06. The van der Waals surface area contributed by atoms with Crippen LogP contribution in [0.2, 0.25) is 0 Å². The molecule has 0 atom stereocenters. The number of alkyl halides is 6. The standard InChI is InChI=1S/C24H28F6N4/c25-23(26,27)20-4-1-18(2-5-20)16-33-11-13-34(14-12-33)21-7-9-32(10-8-21)17-19-3-6-22(31-15-19)24(28,29)30/h1-6,15,21H,7-14,16-17H2. The van der Waals surface area contributed by atoms with Crippen LogP contribution < -0.4 is 0 Å². The summed E-state index contributed by atoms with van der Waals surface area (Å²) < 4.78 is 76.2. The van der Waals surface area contributed by atoms with Gasteiger partial charge in [-0.15, -0.1) is 0 Å². The third-order valence-electron chi connectivity index (χ3n) is 6.69. The third-order valence-corrected chi connectivity index (χ3v) is 6.69. The summed E-state index contributed by atoms with van der Waals surface area (Å²) in [5.41, 5.74) is 0.172. The first-order valence-corrected chi connectivity index (χ1v) is 11.4. The Labute approximate surface area is 195 Å². The first-order valence-electron chi connectivity index (χ1n) is 11.4. The maximum absolute atomic E-state index is 12.7. The van der Waals surface area contributed by atoms with E-state index in [4.69, 9.17) is 0 Å². The van der Waals surface area contributed by atoms with Gasteiger partial charge >= 0.3 is 12.4 Å². The van der Waals surface area contributed by atoms with Crippen LogP contribution in [0.4, 0.5) is 26.3 Å². The van der Waals surface area contributed by atoms with E-state index in [1.165, 1.54) is 12.3 Å². The van der Waals surface area contributed by atoms with Gasteiger partial charge in [0.1, 0.15) is 5.69 Å². The molecule has 2 aliphatic heterocycles. The molecule has 2 saturated heterocycles.